The van der Waals surface area contributed by atoms with Crippen LogP contribution in [0.5, 0.6) is 0 Å². The molecule has 0 aliphatic rings. The highest BCUT2D eigenvalue weighted by atomic mass is 35.5. The molecule has 110 valence electrons. The van der Waals surface area contributed by atoms with Crippen LogP contribution in [-0.4, -0.2) is 21.9 Å². The maximum absolute atomic E-state index is 13.3. The van der Waals surface area contributed by atoms with E-state index in [0.29, 0.717) is 10.5 Å². The van der Waals surface area contributed by atoms with Crippen molar-refractivity contribution in [1.82, 2.24) is 9.55 Å². The van der Waals surface area contributed by atoms with E-state index in [1.165, 1.54) is 25.1 Å². The van der Waals surface area contributed by atoms with Gasteiger partial charge in [-0.15, -0.1) is 11.6 Å². The molecule has 1 aromatic heterocycles. The maximum atomic E-state index is 13.3. The van der Waals surface area contributed by atoms with Crippen molar-refractivity contribution in [2.75, 3.05) is 0 Å². The van der Waals surface area contributed by atoms with Gasteiger partial charge in [-0.25, -0.2) is 13.8 Å². The number of aromatic nitrogens is 2. The van der Waals surface area contributed by atoms with Crippen LogP contribution >= 0.6 is 23.2 Å². The first kappa shape index (κ1) is 15.4. The Kier molecular flexibility index (Phi) is 4.16. The summed E-state index contributed by atoms with van der Waals surface area (Å²) in [6.45, 7) is 0.344. The molecule has 0 bridgehead atoms. The van der Waals surface area contributed by atoms with Gasteiger partial charge in [0.1, 0.15) is 5.82 Å². The van der Waals surface area contributed by atoms with E-state index in [-0.39, 0.29) is 11.3 Å². The van der Waals surface area contributed by atoms with Gasteiger partial charge in [0.25, 0.3) is 0 Å². The summed E-state index contributed by atoms with van der Waals surface area (Å²) in [5.74, 6) is -4.06. The predicted octanol–water partition coefficient (Wildman–Crippen LogP) is 4.89. The third kappa shape index (κ3) is 2.86. The maximum Gasteiger partial charge on any atom is 0.324 e. The molecule has 0 aliphatic heterocycles. The van der Waals surface area contributed by atoms with Gasteiger partial charge in [-0.3, -0.25) is 0 Å². The van der Waals surface area contributed by atoms with Gasteiger partial charge in [0.05, 0.1) is 23.0 Å². The first-order valence-corrected chi connectivity index (χ1v) is 6.49. The molecule has 0 aliphatic carbocycles. The van der Waals surface area contributed by atoms with Crippen LogP contribution in [0.1, 0.15) is 18.1 Å². The van der Waals surface area contributed by atoms with Gasteiger partial charge >= 0.3 is 12.3 Å². The lowest BCUT2D eigenvalue weighted by Crippen LogP contribution is -2.32. The van der Waals surface area contributed by atoms with Crippen LogP contribution in [0.25, 0.3) is 11.0 Å². The van der Waals surface area contributed by atoms with Crippen molar-refractivity contribution in [3.05, 3.63) is 29.0 Å². The van der Waals surface area contributed by atoms with Crippen molar-refractivity contribution in [2.45, 2.75) is 31.2 Å². The highest BCUT2D eigenvalue weighted by molar-refractivity contribution is 6.31. The van der Waals surface area contributed by atoms with Gasteiger partial charge in [0.15, 0.2) is 0 Å². The number of benzene rings is 1. The fourth-order valence-corrected chi connectivity index (χ4v) is 2.20. The lowest BCUT2D eigenvalue weighted by molar-refractivity contribution is -0.137. The average Bonchev–Trinajstić information content (AvgIpc) is 2.66. The van der Waals surface area contributed by atoms with Crippen molar-refractivity contribution >= 4 is 34.2 Å². The Balaban J connectivity index is 2.57. The second-order valence-electron chi connectivity index (χ2n) is 4.37. The van der Waals surface area contributed by atoms with Gasteiger partial charge in [-0.05, 0) is 25.1 Å². The fraction of sp³-hybridized carbons (Fsp3) is 0.417. The average molecular weight is 329 g/mol. The molecule has 0 saturated heterocycles. The van der Waals surface area contributed by atoms with E-state index in [1.807, 2.05) is 0 Å². The Morgan fingerprint density at radius 3 is 2.55 bits per heavy atom. The van der Waals surface area contributed by atoms with Crippen molar-refractivity contribution in [3.63, 3.8) is 0 Å². The number of fused-ring (bicyclic) bond motifs is 1. The minimum atomic E-state index is -4.16. The molecule has 0 radical (unpaired) electrons. The molecule has 1 heterocycles. The summed E-state index contributed by atoms with van der Waals surface area (Å²) >= 11 is 11.7. The number of hydrogen-bond donors (Lipinski definition) is 0. The third-order valence-corrected chi connectivity index (χ3v) is 3.21. The zero-order valence-electron chi connectivity index (χ0n) is 10.3. The lowest BCUT2D eigenvalue weighted by atomic mass is 10.3. The second-order valence-corrected chi connectivity index (χ2v) is 5.46. The number of hydrogen-bond acceptors (Lipinski definition) is 1. The summed E-state index contributed by atoms with van der Waals surface area (Å²) in [6, 6.07) is 4.40. The summed E-state index contributed by atoms with van der Waals surface area (Å²) in [5, 5.41) is -0.328. The molecule has 1 unspecified atom stereocenters. The molecular weight excluding hydrogens is 319 g/mol. The molecule has 0 spiro atoms. The number of imidazole rings is 1. The largest absolute Gasteiger partial charge is 0.324 e. The summed E-state index contributed by atoms with van der Waals surface area (Å²) in [7, 11) is 0. The Morgan fingerprint density at radius 1 is 1.35 bits per heavy atom. The lowest BCUT2D eigenvalue weighted by Gasteiger charge is -2.18. The monoisotopic (exact) mass is 328 g/mol. The van der Waals surface area contributed by atoms with Crippen molar-refractivity contribution in [1.29, 1.82) is 0 Å². The highest BCUT2D eigenvalue weighted by Gasteiger charge is 2.42. The predicted molar refractivity (Wildman–Crippen MR) is 70.0 cm³/mol. The van der Waals surface area contributed by atoms with Crippen LogP contribution in [0, 0.1) is 0 Å². The Labute approximate surface area is 122 Å². The van der Waals surface area contributed by atoms with E-state index in [2.05, 4.69) is 4.98 Å². The highest BCUT2D eigenvalue weighted by Crippen LogP contribution is 2.31. The van der Waals surface area contributed by atoms with Crippen LogP contribution < -0.4 is 0 Å². The summed E-state index contributed by atoms with van der Waals surface area (Å²) in [6.07, 6.45) is -3.76. The van der Waals surface area contributed by atoms with E-state index in [0.717, 1.165) is 4.57 Å². The van der Waals surface area contributed by atoms with E-state index in [9.17, 15) is 17.6 Å². The van der Waals surface area contributed by atoms with Crippen LogP contribution in [0.15, 0.2) is 18.2 Å². The smallest absolute Gasteiger partial charge is 0.320 e. The van der Waals surface area contributed by atoms with E-state index in [1.54, 1.807) is 0 Å². The van der Waals surface area contributed by atoms with Crippen molar-refractivity contribution in [2.24, 2.45) is 0 Å². The van der Waals surface area contributed by atoms with Gasteiger partial charge in [-0.2, -0.15) is 8.78 Å². The van der Waals surface area contributed by atoms with E-state index in [4.69, 9.17) is 23.2 Å². The molecule has 0 fully saturated rings. The second kappa shape index (κ2) is 5.41. The molecule has 0 amide bonds. The number of alkyl halides is 5. The summed E-state index contributed by atoms with van der Waals surface area (Å²) in [4.78, 5) is 4.08. The van der Waals surface area contributed by atoms with E-state index < -0.39 is 24.3 Å². The fourth-order valence-electron chi connectivity index (χ4n) is 1.87. The molecule has 2 aromatic rings. The molecule has 2 nitrogen and oxygen atoms in total. The van der Waals surface area contributed by atoms with Crippen molar-refractivity contribution < 1.29 is 17.6 Å². The molecule has 1 atom stereocenters. The third-order valence-electron chi connectivity index (χ3n) is 2.78. The zero-order chi connectivity index (χ0) is 15.1. The Bertz CT molecular complexity index is 625. The normalized spacial score (nSPS) is 14.2. The summed E-state index contributed by atoms with van der Waals surface area (Å²) in [5.41, 5.74) is 0.627. The number of rotatable bonds is 4. The van der Waals surface area contributed by atoms with Gasteiger partial charge in [-0.1, -0.05) is 11.6 Å². The molecule has 20 heavy (non-hydrogen) atoms. The quantitative estimate of drug-likeness (QED) is 0.577. The minimum absolute atomic E-state index is 0.101. The van der Waals surface area contributed by atoms with Gasteiger partial charge < -0.3 is 4.57 Å². The summed E-state index contributed by atoms with van der Waals surface area (Å²) < 4.78 is 52.3. The molecule has 1 aromatic carbocycles. The topological polar surface area (TPSA) is 17.8 Å². The van der Waals surface area contributed by atoms with Gasteiger partial charge in [0, 0.05) is 5.02 Å². The SMILES string of the molecule is CC(Cl)c1nc2cc(Cl)ccc2n1CC(F)(F)C(F)F. The Morgan fingerprint density at radius 2 is 2.00 bits per heavy atom. The molecule has 0 N–H and O–H groups in total. The zero-order valence-corrected chi connectivity index (χ0v) is 11.8. The van der Waals surface area contributed by atoms with Gasteiger partial charge in [0.2, 0.25) is 0 Å². The number of nitrogens with zero attached hydrogens (tertiary/aromatic N) is 2. The Hall–Kier alpha value is -1.01. The van der Waals surface area contributed by atoms with Crippen LogP contribution in [0.4, 0.5) is 17.6 Å². The van der Waals surface area contributed by atoms with Crippen molar-refractivity contribution in [3.8, 4) is 0 Å². The van der Waals surface area contributed by atoms with Crippen LogP contribution in [0.2, 0.25) is 5.02 Å². The first-order chi connectivity index (χ1) is 9.22. The number of halogens is 6. The molecule has 0 saturated carbocycles. The van der Waals surface area contributed by atoms with E-state index >= 15 is 0 Å². The molecule has 2 rings (SSSR count). The van der Waals surface area contributed by atoms with Crippen LogP contribution in [-0.2, 0) is 6.54 Å². The standard InChI is InChI=1S/C12H10Cl2F4N2/c1-6(13)10-19-8-4-7(14)2-3-9(8)20(10)5-12(17,18)11(15)16/h2-4,6,11H,5H2,1H3. The first-order valence-electron chi connectivity index (χ1n) is 5.68. The molecule has 8 heteroatoms. The molecular formula is C12H10Cl2F4N2. The van der Waals surface area contributed by atoms with Crippen LogP contribution in [0.3, 0.4) is 0 Å². The minimum Gasteiger partial charge on any atom is -0.320 e.